The molecule has 0 aromatic heterocycles. The predicted molar refractivity (Wildman–Crippen MR) is 88.4 cm³/mol. The lowest BCUT2D eigenvalue weighted by atomic mass is 9.41. The molecule has 2 nitrogen and oxygen atoms in total. The summed E-state index contributed by atoms with van der Waals surface area (Å²) in [7, 11) is 0. The highest BCUT2D eigenvalue weighted by molar-refractivity contribution is 5.16. The van der Waals surface area contributed by atoms with E-state index in [4.69, 9.17) is 0 Å². The molecule has 2 heteroatoms. The Hall–Kier alpha value is -0.0800. The Kier molecular flexibility index (Phi) is 3.02. The van der Waals surface area contributed by atoms with Gasteiger partial charge in [-0.15, -0.1) is 0 Å². The van der Waals surface area contributed by atoms with Gasteiger partial charge < -0.3 is 10.2 Å². The maximum atomic E-state index is 10.9. The third kappa shape index (κ3) is 1.86. The molecule has 7 atom stereocenters. The van der Waals surface area contributed by atoms with Crippen molar-refractivity contribution in [2.24, 2.45) is 34.0 Å². The first-order valence-corrected chi connectivity index (χ1v) is 9.50. The third-order valence-electron chi connectivity index (χ3n) is 8.69. The summed E-state index contributed by atoms with van der Waals surface area (Å²) >= 11 is 0. The van der Waals surface area contributed by atoms with Crippen LogP contribution in [0.1, 0.15) is 79.1 Å². The molecule has 22 heavy (non-hydrogen) atoms. The second kappa shape index (κ2) is 4.30. The van der Waals surface area contributed by atoms with Crippen LogP contribution in [-0.2, 0) is 0 Å². The molecule has 0 radical (unpaired) electrons. The molecule has 4 rings (SSSR count). The zero-order chi connectivity index (χ0) is 16.0. The molecule has 4 fully saturated rings. The average molecular weight is 306 g/mol. The van der Waals surface area contributed by atoms with Crippen molar-refractivity contribution in [3.63, 3.8) is 0 Å². The molecule has 1 spiro atoms. The fourth-order valence-corrected chi connectivity index (χ4v) is 8.29. The van der Waals surface area contributed by atoms with E-state index in [1.807, 2.05) is 0 Å². The maximum Gasteiger partial charge on any atom is 0.0653 e. The van der Waals surface area contributed by atoms with Crippen molar-refractivity contribution < 1.29 is 10.2 Å². The molecule has 4 saturated carbocycles. The van der Waals surface area contributed by atoms with E-state index >= 15 is 0 Å². The lowest BCUT2D eigenvalue weighted by molar-refractivity contribution is -0.171. The quantitative estimate of drug-likeness (QED) is 0.706. The van der Waals surface area contributed by atoms with E-state index < -0.39 is 5.60 Å². The molecular formula is C20H34O2. The molecule has 4 aliphatic carbocycles. The summed E-state index contributed by atoms with van der Waals surface area (Å²) in [6.07, 6.45) is 9.14. The van der Waals surface area contributed by atoms with Crippen LogP contribution in [0, 0.1) is 34.0 Å². The van der Waals surface area contributed by atoms with Gasteiger partial charge in [0.2, 0.25) is 0 Å². The number of hydrogen-bond acceptors (Lipinski definition) is 2. The zero-order valence-electron chi connectivity index (χ0n) is 14.9. The first-order valence-electron chi connectivity index (χ1n) is 9.50. The van der Waals surface area contributed by atoms with Gasteiger partial charge in [0.25, 0.3) is 0 Å². The van der Waals surface area contributed by atoms with Gasteiger partial charge in [-0.1, -0.05) is 20.8 Å². The molecule has 2 bridgehead atoms. The summed E-state index contributed by atoms with van der Waals surface area (Å²) < 4.78 is 0. The highest BCUT2D eigenvalue weighted by Gasteiger charge is 2.66. The Morgan fingerprint density at radius 1 is 0.864 bits per heavy atom. The zero-order valence-corrected chi connectivity index (χ0v) is 14.9. The van der Waals surface area contributed by atoms with E-state index in [1.54, 1.807) is 0 Å². The molecule has 0 amide bonds. The van der Waals surface area contributed by atoms with Crippen LogP contribution in [0.4, 0.5) is 0 Å². The fraction of sp³-hybridized carbons (Fsp3) is 1.00. The van der Waals surface area contributed by atoms with Gasteiger partial charge in [-0.05, 0) is 92.3 Å². The highest BCUT2D eigenvalue weighted by atomic mass is 16.3. The molecule has 0 aromatic rings. The van der Waals surface area contributed by atoms with Crippen molar-refractivity contribution in [2.45, 2.75) is 90.8 Å². The van der Waals surface area contributed by atoms with Gasteiger partial charge in [-0.2, -0.15) is 0 Å². The summed E-state index contributed by atoms with van der Waals surface area (Å²) in [6.45, 7) is 9.34. The first kappa shape index (κ1) is 15.4. The fourth-order valence-electron chi connectivity index (χ4n) is 8.29. The Bertz CT molecular complexity index is 482. The van der Waals surface area contributed by atoms with E-state index in [9.17, 15) is 10.2 Å². The minimum absolute atomic E-state index is 0.133. The third-order valence-corrected chi connectivity index (χ3v) is 8.69. The van der Waals surface area contributed by atoms with Gasteiger partial charge in [-0.25, -0.2) is 0 Å². The van der Waals surface area contributed by atoms with Gasteiger partial charge >= 0.3 is 0 Å². The minimum atomic E-state index is -0.444. The number of aliphatic hydroxyl groups is 2. The first-order chi connectivity index (χ1) is 10.1. The van der Waals surface area contributed by atoms with E-state index in [0.29, 0.717) is 17.3 Å². The molecule has 0 saturated heterocycles. The van der Waals surface area contributed by atoms with E-state index in [2.05, 4.69) is 27.7 Å². The summed E-state index contributed by atoms with van der Waals surface area (Å²) in [5.74, 6) is 1.96. The van der Waals surface area contributed by atoms with Crippen LogP contribution in [0.15, 0.2) is 0 Å². The molecule has 0 aromatic carbocycles. The van der Waals surface area contributed by atoms with Crippen LogP contribution in [0.3, 0.4) is 0 Å². The average Bonchev–Trinajstić information content (AvgIpc) is 2.52. The summed E-state index contributed by atoms with van der Waals surface area (Å²) in [6, 6.07) is 0. The second-order valence-electron chi connectivity index (χ2n) is 10.6. The van der Waals surface area contributed by atoms with Crippen LogP contribution in [0.5, 0.6) is 0 Å². The van der Waals surface area contributed by atoms with Gasteiger partial charge in [-0.3, -0.25) is 0 Å². The molecule has 0 aliphatic heterocycles. The molecule has 1 unspecified atom stereocenters. The smallest absolute Gasteiger partial charge is 0.0653 e. The topological polar surface area (TPSA) is 40.5 Å². The number of aliphatic hydroxyl groups excluding tert-OH is 1. The van der Waals surface area contributed by atoms with Crippen molar-refractivity contribution in [1.29, 1.82) is 0 Å². The Morgan fingerprint density at radius 2 is 1.59 bits per heavy atom. The second-order valence-corrected chi connectivity index (χ2v) is 10.6. The molecule has 0 heterocycles. The van der Waals surface area contributed by atoms with E-state index in [-0.39, 0.29) is 16.9 Å². The monoisotopic (exact) mass is 306 g/mol. The van der Waals surface area contributed by atoms with Crippen molar-refractivity contribution in [3.05, 3.63) is 0 Å². The Balaban J connectivity index is 1.74. The van der Waals surface area contributed by atoms with E-state index in [0.717, 1.165) is 25.2 Å². The largest absolute Gasteiger partial charge is 0.393 e. The van der Waals surface area contributed by atoms with Crippen LogP contribution in [0.2, 0.25) is 0 Å². The van der Waals surface area contributed by atoms with Crippen LogP contribution < -0.4 is 0 Å². The van der Waals surface area contributed by atoms with Gasteiger partial charge in [0, 0.05) is 0 Å². The van der Waals surface area contributed by atoms with Crippen LogP contribution >= 0.6 is 0 Å². The van der Waals surface area contributed by atoms with Crippen molar-refractivity contribution in [2.75, 3.05) is 0 Å². The number of hydrogen-bond donors (Lipinski definition) is 2. The molecule has 4 aliphatic rings. The Labute approximate surface area is 135 Å². The van der Waals surface area contributed by atoms with Gasteiger partial charge in [0.1, 0.15) is 0 Å². The number of fused-ring (bicyclic) bond motifs is 3. The van der Waals surface area contributed by atoms with Crippen LogP contribution in [-0.4, -0.2) is 21.9 Å². The minimum Gasteiger partial charge on any atom is -0.393 e. The van der Waals surface area contributed by atoms with Crippen molar-refractivity contribution in [3.8, 4) is 0 Å². The Morgan fingerprint density at radius 3 is 2.32 bits per heavy atom. The molecular weight excluding hydrogens is 272 g/mol. The summed E-state index contributed by atoms with van der Waals surface area (Å²) in [5.41, 5.74) is 0.447. The summed E-state index contributed by atoms with van der Waals surface area (Å²) in [4.78, 5) is 0. The van der Waals surface area contributed by atoms with Crippen molar-refractivity contribution in [1.82, 2.24) is 0 Å². The van der Waals surface area contributed by atoms with Crippen LogP contribution in [0.25, 0.3) is 0 Å². The predicted octanol–water partition coefficient (Wildman–Crippen LogP) is 4.14. The van der Waals surface area contributed by atoms with Crippen molar-refractivity contribution >= 4 is 0 Å². The lowest BCUT2D eigenvalue weighted by Gasteiger charge is -2.64. The van der Waals surface area contributed by atoms with Gasteiger partial charge in [0.05, 0.1) is 11.7 Å². The normalized spacial score (nSPS) is 59.7. The number of rotatable bonds is 0. The highest BCUT2D eigenvalue weighted by Crippen LogP contribution is 2.72. The molecule has 2 N–H and O–H groups in total. The van der Waals surface area contributed by atoms with Gasteiger partial charge in [0.15, 0.2) is 0 Å². The summed E-state index contributed by atoms with van der Waals surface area (Å²) in [5, 5.41) is 21.4. The maximum absolute atomic E-state index is 10.9. The molecule has 126 valence electrons. The van der Waals surface area contributed by atoms with E-state index in [1.165, 1.54) is 32.1 Å². The SMILES string of the molecule is CC1(C)C[C@@H](O)C[C@]2(C)[C@@H]1CC[C@@]13CC(CC[C@H]12)[C@](C)(O)C3. The lowest BCUT2D eigenvalue weighted by Crippen LogP contribution is -2.58. The standard InChI is InChI=1S/C20H34O2/c1-17(2)10-14(21)11-18(3)15(17)7-8-20-9-13(5-6-16(18)20)19(4,22)12-20/h13-16,21-22H,5-12H2,1-4H3/t13?,14-,15-,16+,18-,19-,20+/m1/s1.